The smallest absolute Gasteiger partial charge is 0.244 e. The van der Waals surface area contributed by atoms with E-state index in [-0.39, 0.29) is 24.9 Å². The third kappa shape index (κ3) is 8.71. The van der Waals surface area contributed by atoms with Crippen LogP contribution in [0.2, 0.25) is 10.0 Å². The van der Waals surface area contributed by atoms with E-state index in [0.717, 1.165) is 21.7 Å². The maximum Gasteiger partial charge on any atom is 0.244 e. The molecule has 3 aromatic rings. The van der Waals surface area contributed by atoms with Crippen LogP contribution in [0.15, 0.2) is 72.8 Å². The summed E-state index contributed by atoms with van der Waals surface area (Å²) >= 11 is 12.6. The van der Waals surface area contributed by atoms with Gasteiger partial charge in [0.2, 0.25) is 21.8 Å². The van der Waals surface area contributed by atoms with Crippen LogP contribution >= 0.6 is 23.2 Å². The minimum absolute atomic E-state index is 0.0221. The van der Waals surface area contributed by atoms with Gasteiger partial charge in [0.25, 0.3) is 0 Å². The quantitative estimate of drug-likeness (QED) is 0.291. The first-order valence-corrected chi connectivity index (χ1v) is 15.6. The summed E-state index contributed by atoms with van der Waals surface area (Å²) in [6, 6.07) is 20.2. The van der Waals surface area contributed by atoms with Crippen molar-refractivity contribution in [1.82, 2.24) is 10.2 Å². The van der Waals surface area contributed by atoms with E-state index in [4.69, 9.17) is 23.2 Å². The minimum atomic E-state index is -3.84. The van der Waals surface area contributed by atoms with Crippen LogP contribution in [0.1, 0.15) is 37.0 Å². The Labute approximate surface area is 247 Å². The summed E-state index contributed by atoms with van der Waals surface area (Å²) in [6.45, 7) is 5.18. The minimum Gasteiger partial charge on any atom is -0.352 e. The van der Waals surface area contributed by atoms with Gasteiger partial charge in [-0.15, -0.1) is 0 Å². The molecule has 0 radical (unpaired) electrons. The topological polar surface area (TPSA) is 86.8 Å². The maximum absolute atomic E-state index is 14.1. The Hall–Kier alpha value is -3.07. The van der Waals surface area contributed by atoms with Crippen molar-refractivity contribution in [2.75, 3.05) is 17.1 Å². The molecule has 0 saturated heterocycles. The van der Waals surface area contributed by atoms with Crippen LogP contribution in [0.5, 0.6) is 0 Å². The maximum atomic E-state index is 14.1. The zero-order valence-electron chi connectivity index (χ0n) is 23.1. The van der Waals surface area contributed by atoms with E-state index < -0.39 is 28.5 Å². The fourth-order valence-corrected chi connectivity index (χ4v) is 5.54. The van der Waals surface area contributed by atoms with Crippen molar-refractivity contribution in [3.8, 4) is 0 Å². The van der Waals surface area contributed by atoms with Crippen molar-refractivity contribution >= 4 is 50.7 Å². The largest absolute Gasteiger partial charge is 0.352 e. The van der Waals surface area contributed by atoms with Crippen molar-refractivity contribution in [3.63, 3.8) is 0 Å². The molecule has 40 heavy (non-hydrogen) atoms. The number of nitrogens with one attached hydrogen (secondary N) is 1. The van der Waals surface area contributed by atoms with Crippen LogP contribution in [0.3, 0.4) is 0 Å². The highest BCUT2D eigenvalue weighted by Gasteiger charge is 2.33. The van der Waals surface area contributed by atoms with E-state index in [0.29, 0.717) is 27.7 Å². The Morgan fingerprint density at radius 2 is 1.68 bits per heavy atom. The van der Waals surface area contributed by atoms with Crippen molar-refractivity contribution in [3.05, 3.63) is 99.5 Å². The van der Waals surface area contributed by atoms with Crippen LogP contribution in [0, 0.1) is 6.92 Å². The summed E-state index contributed by atoms with van der Waals surface area (Å²) in [5, 5.41) is 3.77. The van der Waals surface area contributed by atoms with E-state index in [2.05, 4.69) is 5.32 Å². The Balaban J connectivity index is 2.09. The molecule has 0 heterocycles. The van der Waals surface area contributed by atoms with Gasteiger partial charge in [-0.05, 0) is 61.2 Å². The van der Waals surface area contributed by atoms with E-state index in [1.165, 1.54) is 4.90 Å². The van der Waals surface area contributed by atoms with Gasteiger partial charge in [-0.1, -0.05) is 78.7 Å². The molecule has 0 spiro atoms. The first-order chi connectivity index (χ1) is 18.9. The summed E-state index contributed by atoms with van der Waals surface area (Å²) in [4.78, 5) is 29.2. The monoisotopic (exact) mass is 603 g/mol. The molecular formula is C30H35Cl2N3O4S. The molecule has 0 aliphatic rings. The average molecular weight is 605 g/mol. The Kier molecular flexibility index (Phi) is 11.0. The first-order valence-electron chi connectivity index (χ1n) is 13.0. The highest BCUT2D eigenvalue weighted by atomic mass is 35.5. The van der Waals surface area contributed by atoms with Crippen molar-refractivity contribution in [2.45, 2.75) is 52.2 Å². The average Bonchev–Trinajstić information content (AvgIpc) is 2.90. The Morgan fingerprint density at radius 1 is 0.975 bits per heavy atom. The van der Waals surface area contributed by atoms with Gasteiger partial charge in [-0.3, -0.25) is 13.9 Å². The second-order valence-electron chi connectivity index (χ2n) is 9.89. The molecule has 0 saturated carbocycles. The van der Waals surface area contributed by atoms with Crippen LogP contribution in [-0.4, -0.2) is 50.0 Å². The standard InChI is InChI=1S/C30H35Cl2N3O4S/c1-5-22(3)33-30(37)28(17-23-11-7-6-8-12-23)34(19-24-14-15-25(31)18-27(24)32)29(36)20-35(40(4,38)39)26-13-9-10-21(2)16-26/h6-16,18,22,28H,5,17,19-20H2,1-4H3,(H,33,37). The Morgan fingerprint density at radius 3 is 2.27 bits per heavy atom. The van der Waals surface area contributed by atoms with Gasteiger partial charge in [0.15, 0.2) is 0 Å². The van der Waals surface area contributed by atoms with Crippen molar-refractivity contribution in [2.24, 2.45) is 0 Å². The summed E-state index contributed by atoms with van der Waals surface area (Å²) in [7, 11) is -3.84. The number of hydrogen-bond donors (Lipinski definition) is 1. The lowest BCUT2D eigenvalue weighted by Crippen LogP contribution is -2.54. The fraction of sp³-hybridized carbons (Fsp3) is 0.333. The second kappa shape index (κ2) is 14.0. The number of rotatable bonds is 12. The van der Waals surface area contributed by atoms with Gasteiger partial charge in [-0.25, -0.2) is 8.42 Å². The molecule has 3 rings (SSSR count). The number of aryl methyl sites for hydroxylation is 1. The van der Waals surface area contributed by atoms with E-state index in [1.54, 1.807) is 36.4 Å². The lowest BCUT2D eigenvalue weighted by molar-refractivity contribution is -0.140. The molecular weight excluding hydrogens is 569 g/mol. The first kappa shape index (κ1) is 31.5. The highest BCUT2D eigenvalue weighted by molar-refractivity contribution is 7.92. The fourth-order valence-electron chi connectivity index (χ4n) is 4.23. The molecule has 1 N–H and O–H groups in total. The van der Waals surface area contributed by atoms with Gasteiger partial charge >= 0.3 is 0 Å². The van der Waals surface area contributed by atoms with Crippen LogP contribution in [0.25, 0.3) is 0 Å². The lowest BCUT2D eigenvalue weighted by atomic mass is 10.0. The van der Waals surface area contributed by atoms with Crippen LogP contribution in [-0.2, 0) is 32.6 Å². The summed E-state index contributed by atoms with van der Waals surface area (Å²) in [5.41, 5.74) is 2.64. The second-order valence-corrected chi connectivity index (χ2v) is 12.6. The summed E-state index contributed by atoms with van der Waals surface area (Å²) < 4.78 is 26.8. The molecule has 3 aromatic carbocycles. The normalized spacial score (nSPS) is 12.8. The SMILES string of the molecule is CCC(C)NC(=O)C(Cc1ccccc1)N(Cc1ccc(Cl)cc1Cl)C(=O)CN(c1cccc(C)c1)S(C)(=O)=O. The third-order valence-corrected chi connectivity index (χ3v) is 8.32. The molecule has 2 unspecified atom stereocenters. The van der Waals surface area contributed by atoms with Gasteiger partial charge in [0, 0.05) is 29.1 Å². The van der Waals surface area contributed by atoms with Crippen molar-refractivity contribution < 1.29 is 18.0 Å². The van der Waals surface area contributed by atoms with Gasteiger partial charge in [0.05, 0.1) is 11.9 Å². The lowest BCUT2D eigenvalue weighted by Gasteiger charge is -2.34. The van der Waals surface area contributed by atoms with Gasteiger partial charge in [-0.2, -0.15) is 0 Å². The number of carbonyl (C=O) groups is 2. The highest BCUT2D eigenvalue weighted by Crippen LogP contribution is 2.25. The molecule has 7 nitrogen and oxygen atoms in total. The molecule has 10 heteroatoms. The molecule has 0 aliphatic carbocycles. The molecule has 0 bridgehead atoms. The summed E-state index contributed by atoms with van der Waals surface area (Å²) in [6.07, 6.45) is 1.99. The molecule has 0 fully saturated rings. The number of hydrogen-bond acceptors (Lipinski definition) is 4. The van der Waals surface area contributed by atoms with Crippen molar-refractivity contribution in [1.29, 1.82) is 0 Å². The number of amides is 2. The Bertz CT molecular complexity index is 1430. The number of halogens is 2. The van der Waals surface area contributed by atoms with E-state index in [9.17, 15) is 18.0 Å². The number of nitrogens with zero attached hydrogens (tertiary/aromatic N) is 2. The third-order valence-electron chi connectivity index (χ3n) is 6.60. The molecule has 214 valence electrons. The van der Waals surface area contributed by atoms with Crippen LogP contribution in [0.4, 0.5) is 5.69 Å². The number of sulfonamides is 1. The zero-order chi connectivity index (χ0) is 29.4. The van der Waals surface area contributed by atoms with Gasteiger partial charge < -0.3 is 10.2 Å². The predicted molar refractivity (Wildman–Crippen MR) is 162 cm³/mol. The van der Waals surface area contributed by atoms with E-state index in [1.807, 2.05) is 57.2 Å². The zero-order valence-corrected chi connectivity index (χ0v) is 25.4. The summed E-state index contributed by atoms with van der Waals surface area (Å²) in [5.74, 6) is -0.878. The molecule has 0 aromatic heterocycles. The van der Waals surface area contributed by atoms with E-state index >= 15 is 0 Å². The number of carbonyl (C=O) groups excluding carboxylic acids is 2. The molecule has 2 atom stereocenters. The van der Waals surface area contributed by atoms with Gasteiger partial charge in [0.1, 0.15) is 12.6 Å². The molecule has 2 amide bonds. The number of anilines is 1. The molecule has 0 aliphatic heterocycles. The predicted octanol–water partition coefficient (Wildman–Crippen LogP) is 5.62. The number of benzene rings is 3. The van der Waals surface area contributed by atoms with Crippen LogP contribution < -0.4 is 9.62 Å².